The Morgan fingerprint density at radius 3 is 2.71 bits per heavy atom. The van der Waals surface area contributed by atoms with Gasteiger partial charge in [-0.2, -0.15) is 0 Å². The second-order valence-electron chi connectivity index (χ2n) is 5.29. The van der Waals surface area contributed by atoms with Crippen molar-refractivity contribution >= 4 is 17.3 Å². The van der Waals surface area contributed by atoms with E-state index < -0.39 is 16.9 Å². The number of nitrogens with zero attached hydrogens (tertiary/aromatic N) is 2. The van der Waals surface area contributed by atoms with E-state index in [1.54, 1.807) is 11.0 Å². The number of non-ortho nitro benzene ring substituents is 1. The van der Waals surface area contributed by atoms with Gasteiger partial charge in [-0.05, 0) is 11.6 Å². The molecule has 1 aliphatic heterocycles. The van der Waals surface area contributed by atoms with Gasteiger partial charge < -0.3 is 14.4 Å². The van der Waals surface area contributed by atoms with Gasteiger partial charge in [0.1, 0.15) is 12.4 Å². The first-order valence-electron chi connectivity index (χ1n) is 7.42. The number of rotatable bonds is 4. The van der Waals surface area contributed by atoms with Gasteiger partial charge in [0.2, 0.25) is 0 Å². The lowest BCUT2D eigenvalue weighted by Crippen LogP contribution is -2.40. The predicted octanol–water partition coefficient (Wildman–Crippen LogP) is 2.71. The van der Waals surface area contributed by atoms with Crippen LogP contribution in [0.15, 0.2) is 48.5 Å². The van der Waals surface area contributed by atoms with Crippen LogP contribution < -0.4 is 9.64 Å². The molecule has 0 fully saturated rings. The van der Waals surface area contributed by atoms with Crippen molar-refractivity contribution in [1.29, 1.82) is 0 Å². The summed E-state index contributed by atoms with van der Waals surface area (Å²) in [5.41, 5.74) is 1.21. The number of nitro benzene ring substituents is 1. The fourth-order valence-corrected chi connectivity index (χ4v) is 2.80. The number of hydrogen-bond acceptors (Lipinski definition) is 6. The van der Waals surface area contributed by atoms with Gasteiger partial charge in [0.05, 0.1) is 24.3 Å². The molecule has 1 heterocycles. The number of carbonyl (C=O) groups is 1. The molecule has 0 spiro atoms. The Hall–Kier alpha value is -3.09. The van der Waals surface area contributed by atoms with Gasteiger partial charge in [-0.3, -0.25) is 10.1 Å². The zero-order valence-electron chi connectivity index (χ0n) is 13.0. The highest BCUT2D eigenvalue weighted by molar-refractivity contribution is 5.83. The van der Waals surface area contributed by atoms with Crippen LogP contribution in [0.25, 0.3) is 0 Å². The minimum Gasteiger partial charge on any atom is -0.490 e. The first-order chi connectivity index (χ1) is 11.6. The summed E-state index contributed by atoms with van der Waals surface area (Å²) in [6.45, 7) is 0.800. The molecule has 0 amide bonds. The molecular weight excluding hydrogens is 312 g/mol. The first kappa shape index (κ1) is 15.8. The van der Waals surface area contributed by atoms with E-state index in [4.69, 9.17) is 9.47 Å². The molecule has 7 heteroatoms. The number of methoxy groups -OCH3 is 1. The average Bonchev–Trinajstić information content (AvgIpc) is 2.62. The summed E-state index contributed by atoms with van der Waals surface area (Å²) in [5.74, 6) is 0.0808. The highest BCUT2D eigenvalue weighted by atomic mass is 16.6. The van der Waals surface area contributed by atoms with Crippen LogP contribution in [-0.4, -0.2) is 31.2 Å². The molecule has 2 aromatic carbocycles. The van der Waals surface area contributed by atoms with E-state index in [9.17, 15) is 14.9 Å². The van der Waals surface area contributed by atoms with Crippen LogP contribution in [0.5, 0.6) is 5.75 Å². The average molecular weight is 328 g/mol. The molecule has 0 bridgehead atoms. The maximum atomic E-state index is 12.4. The molecule has 124 valence electrons. The van der Waals surface area contributed by atoms with E-state index in [1.807, 2.05) is 30.3 Å². The molecule has 24 heavy (non-hydrogen) atoms. The molecule has 0 radical (unpaired) electrons. The number of esters is 1. The lowest BCUT2D eigenvalue weighted by atomic mass is 10.0. The zero-order valence-corrected chi connectivity index (χ0v) is 13.0. The highest BCUT2D eigenvalue weighted by Gasteiger charge is 2.33. The van der Waals surface area contributed by atoms with Crippen molar-refractivity contribution in [1.82, 2.24) is 0 Å². The number of hydrogen-bond donors (Lipinski definition) is 0. The van der Waals surface area contributed by atoms with E-state index in [-0.39, 0.29) is 5.69 Å². The summed E-state index contributed by atoms with van der Waals surface area (Å²) >= 11 is 0. The molecule has 0 aromatic heterocycles. The predicted molar refractivity (Wildman–Crippen MR) is 87.1 cm³/mol. The molecule has 0 saturated carbocycles. The molecule has 3 rings (SSSR count). The van der Waals surface area contributed by atoms with Crippen molar-refractivity contribution in [2.24, 2.45) is 0 Å². The molecule has 0 saturated heterocycles. The van der Waals surface area contributed by atoms with Crippen LogP contribution in [0.2, 0.25) is 0 Å². The largest absolute Gasteiger partial charge is 0.490 e. The van der Waals surface area contributed by atoms with Crippen LogP contribution in [0.1, 0.15) is 11.6 Å². The number of ether oxygens (including phenoxy) is 2. The van der Waals surface area contributed by atoms with Crippen LogP contribution in [-0.2, 0) is 9.53 Å². The van der Waals surface area contributed by atoms with Crippen molar-refractivity contribution in [3.8, 4) is 5.75 Å². The van der Waals surface area contributed by atoms with Crippen molar-refractivity contribution in [2.45, 2.75) is 6.04 Å². The molecule has 2 aromatic rings. The number of benzene rings is 2. The summed E-state index contributed by atoms with van der Waals surface area (Å²) in [4.78, 5) is 24.8. The number of fused-ring (bicyclic) bond motifs is 1. The third kappa shape index (κ3) is 2.88. The van der Waals surface area contributed by atoms with Crippen LogP contribution in [0.4, 0.5) is 11.4 Å². The maximum Gasteiger partial charge on any atom is 0.333 e. The third-order valence-corrected chi connectivity index (χ3v) is 3.90. The molecule has 0 N–H and O–H groups in total. The third-order valence-electron chi connectivity index (χ3n) is 3.90. The molecule has 1 unspecified atom stereocenters. The highest BCUT2D eigenvalue weighted by Crippen LogP contribution is 2.39. The number of nitro groups is 1. The van der Waals surface area contributed by atoms with Gasteiger partial charge in [-0.25, -0.2) is 4.79 Å². The van der Waals surface area contributed by atoms with Gasteiger partial charge >= 0.3 is 5.97 Å². The van der Waals surface area contributed by atoms with E-state index in [1.165, 1.54) is 19.2 Å². The Bertz CT molecular complexity index is 763. The molecular formula is C17H16N2O5. The molecule has 0 aliphatic carbocycles. The summed E-state index contributed by atoms with van der Waals surface area (Å²) in [6, 6.07) is 12.9. The van der Waals surface area contributed by atoms with E-state index in [0.29, 0.717) is 24.6 Å². The van der Waals surface area contributed by atoms with E-state index in [0.717, 1.165) is 5.56 Å². The topological polar surface area (TPSA) is 81.9 Å². The van der Waals surface area contributed by atoms with E-state index in [2.05, 4.69) is 0 Å². The molecule has 7 nitrogen and oxygen atoms in total. The summed E-state index contributed by atoms with van der Waals surface area (Å²) in [7, 11) is 1.33. The normalized spacial score (nSPS) is 14.3. The smallest absolute Gasteiger partial charge is 0.333 e. The van der Waals surface area contributed by atoms with Crippen molar-refractivity contribution in [2.75, 3.05) is 25.2 Å². The summed E-state index contributed by atoms with van der Waals surface area (Å²) in [6.07, 6.45) is 0. The lowest BCUT2D eigenvalue weighted by molar-refractivity contribution is -0.384. The first-order valence-corrected chi connectivity index (χ1v) is 7.42. The van der Waals surface area contributed by atoms with Gasteiger partial charge in [0.15, 0.2) is 6.04 Å². The number of carbonyl (C=O) groups excluding carboxylic acids is 1. The Morgan fingerprint density at radius 2 is 2.04 bits per heavy atom. The quantitative estimate of drug-likeness (QED) is 0.487. The Kier molecular flexibility index (Phi) is 4.33. The second-order valence-corrected chi connectivity index (χ2v) is 5.29. The fourth-order valence-electron chi connectivity index (χ4n) is 2.80. The van der Waals surface area contributed by atoms with Gasteiger partial charge in [0, 0.05) is 12.1 Å². The standard InChI is InChI=1S/C17H16N2O5/c1-23-17(20)16(12-5-3-2-4-6-12)18-9-10-24-15-8-7-13(19(21)22)11-14(15)18/h2-8,11,16H,9-10H2,1H3. The SMILES string of the molecule is COC(=O)C(c1ccccc1)N1CCOc2ccc([N+](=O)[O-])cc21. The summed E-state index contributed by atoms with van der Waals surface area (Å²) in [5, 5.41) is 11.1. The van der Waals surface area contributed by atoms with Gasteiger partial charge in [-0.15, -0.1) is 0 Å². The minimum absolute atomic E-state index is 0.0547. The Labute approximate surface area is 138 Å². The Balaban J connectivity index is 2.09. The second kappa shape index (κ2) is 6.57. The maximum absolute atomic E-state index is 12.4. The molecule has 1 atom stereocenters. The van der Waals surface area contributed by atoms with Gasteiger partial charge in [-0.1, -0.05) is 30.3 Å². The van der Waals surface area contributed by atoms with Crippen LogP contribution in [0, 0.1) is 10.1 Å². The van der Waals surface area contributed by atoms with E-state index >= 15 is 0 Å². The van der Waals surface area contributed by atoms with Crippen LogP contribution in [0.3, 0.4) is 0 Å². The minimum atomic E-state index is -0.694. The van der Waals surface area contributed by atoms with Crippen molar-refractivity contribution in [3.05, 3.63) is 64.2 Å². The fraction of sp³-hybridized carbons (Fsp3) is 0.235. The monoisotopic (exact) mass is 328 g/mol. The van der Waals surface area contributed by atoms with Crippen molar-refractivity contribution < 1.29 is 19.2 Å². The van der Waals surface area contributed by atoms with Gasteiger partial charge in [0.25, 0.3) is 5.69 Å². The zero-order chi connectivity index (χ0) is 17.1. The molecule has 1 aliphatic rings. The van der Waals surface area contributed by atoms with Crippen molar-refractivity contribution in [3.63, 3.8) is 0 Å². The Morgan fingerprint density at radius 1 is 1.29 bits per heavy atom. The number of anilines is 1. The van der Waals surface area contributed by atoms with Crippen LogP contribution >= 0.6 is 0 Å². The summed E-state index contributed by atoms with van der Waals surface area (Å²) < 4.78 is 10.5. The lowest BCUT2D eigenvalue weighted by Gasteiger charge is -2.36.